The van der Waals surface area contributed by atoms with Crippen molar-refractivity contribution in [3.05, 3.63) is 23.9 Å². The highest BCUT2D eigenvalue weighted by Crippen LogP contribution is 2.02. The lowest BCUT2D eigenvalue weighted by Gasteiger charge is -2.06. The number of amides is 1. The van der Waals surface area contributed by atoms with E-state index in [0.29, 0.717) is 6.41 Å². The fourth-order valence-electron chi connectivity index (χ4n) is 0.795. The average molecular weight is 164 g/mol. The third kappa shape index (κ3) is 1.57. The molecule has 0 heterocycles. The van der Waals surface area contributed by atoms with Gasteiger partial charge in [0, 0.05) is 0 Å². The van der Waals surface area contributed by atoms with Crippen LogP contribution >= 0.6 is 0 Å². The third-order valence-electron chi connectivity index (χ3n) is 1.31. The highest BCUT2D eigenvalue weighted by molar-refractivity contribution is 6.20. The number of hydrogen-bond donors (Lipinski definition) is 2. The zero-order valence-corrected chi connectivity index (χ0v) is 6.07. The molecule has 61 valence electrons. The molecule has 1 amide bonds. The Bertz CT molecular complexity index is 302. The Morgan fingerprint density at radius 2 is 2.25 bits per heavy atom. The Balaban J connectivity index is 2.92. The predicted molar refractivity (Wildman–Crippen MR) is 42.3 cm³/mol. The Morgan fingerprint density at radius 3 is 2.83 bits per heavy atom. The largest absolute Gasteiger partial charge is 0.327 e. The molecule has 5 heteroatoms. The van der Waals surface area contributed by atoms with Crippen molar-refractivity contribution in [3.63, 3.8) is 0 Å². The van der Waals surface area contributed by atoms with Crippen LogP contribution in [0.1, 0.15) is 0 Å². The number of carbonyl (C=O) groups excluding carboxylic acids is 1. The van der Waals surface area contributed by atoms with Crippen molar-refractivity contribution in [2.75, 3.05) is 0 Å². The first kappa shape index (κ1) is 8.19. The van der Waals surface area contributed by atoms with Crippen molar-refractivity contribution in [1.82, 2.24) is 5.32 Å². The van der Waals surface area contributed by atoms with Crippen molar-refractivity contribution < 1.29 is 10.0 Å². The molecule has 0 saturated heterocycles. The molecule has 0 saturated carbocycles. The first-order valence-corrected chi connectivity index (χ1v) is 3.17. The van der Waals surface area contributed by atoms with E-state index < -0.39 is 0 Å². The topological polar surface area (TPSA) is 85.2 Å². The molecule has 1 aliphatic carbocycles. The predicted octanol–water partition coefficient (Wildman–Crippen LogP) is -0.00763. The standard InChI is InChI=1S/C7H6N3O2/c8-5-1-2-6(10-12)7(3-5)9-4-11/h1-4,8H,(H,9,11)/b8-5?,10-6-. The van der Waals surface area contributed by atoms with E-state index >= 15 is 0 Å². The lowest BCUT2D eigenvalue weighted by atomic mass is 10.1. The van der Waals surface area contributed by atoms with Crippen LogP contribution in [0.15, 0.2) is 29.1 Å². The highest BCUT2D eigenvalue weighted by atomic mass is 16.4. The number of nitrogens with one attached hydrogen (secondary N) is 2. The summed E-state index contributed by atoms with van der Waals surface area (Å²) in [6.07, 6.45) is 4.59. The summed E-state index contributed by atoms with van der Waals surface area (Å²) in [6.45, 7) is 0. The van der Waals surface area contributed by atoms with Crippen LogP contribution in [0.25, 0.3) is 0 Å². The molecule has 12 heavy (non-hydrogen) atoms. The third-order valence-corrected chi connectivity index (χ3v) is 1.31. The SMILES string of the molecule is N=C1C=C/C(=N/[O])C(NC=O)=C1. The molecule has 0 spiro atoms. The smallest absolute Gasteiger partial charge is 0.211 e. The Kier molecular flexibility index (Phi) is 2.37. The maximum absolute atomic E-state index is 10.1. The lowest BCUT2D eigenvalue weighted by molar-refractivity contribution is -0.108. The van der Waals surface area contributed by atoms with E-state index in [9.17, 15) is 10.0 Å². The molecule has 1 radical (unpaired) electrons. The van der Waals surface area contributed by atoms with Gasteiger partial charge >= 0.3 is 0 Å². The molecule has 0 atom stereocenters. The lowest BCUT2D eigenvalue weighted by Crippen LogP contribution is -2.21. The molecule has 0 bridgehead atoms. The molecule has 2 N–H and O–H groups in total. The number of carbonyl (C=O) groups is 1. The van der Waals surface area contributed by atoms with Crippen molar-refractivity contribution >= 4 is 17.8 Å². The summed E-state index contributed by atoms with van der Waals surface area (Å²) in [6, 6.07) is 0. The van der Waals surface area contributed by atoms with E-state index in [1.807, 2.05) is 0 Å². The van der Waals surface area contributed by atoms with Crippen LogP contribution in [0.2, 0.25) is 0 Å². The van der Waals surface area contributed by atoms with Gasteiger partial charge in [0.15, 0.2) is 0 Å². The number of hydrogen-bond acceptors (Lipinski definition) is 3. The maximum Gasteiger partial charge on any atom is 0.211 e. The van der Waals surface area contributed by atoms with Gasteiger partial charge in [-0.1, -0.05) is 0 Å². The first-order valence-electron chi connectivity index (χ1n) is 3.17. The molecule has 0 unspecified atom stereocenters. The summed E-state index contributed by atoms with van der Waals surface area (Å²) < 4.78 is 0. The van der Waals surface area contributed by atoms with Crippen molar-refractivity contribution in [1.29, 1.82) is 5.41 Å². The first-order chi connectivity index (χ1) is 5.77. The van der Waals surface area contributed by atoms with Crippen LogP contribution in [0.4, 0.5) is 0 Å². The van der Waals surface area contributed by atoms with E-state index in [1.54, 1.807) is 0 Å². The number of rotatable bonds is 2. The summed E-state index contributed by atoms with van der Waals surface area (Å²) in [4.78, 5) is 10.0. The minimum Gasteiger partial charge on any atom is -0.327 e. The zero-order chi connectivity index (χ0) is 8.97. The van der Waals surface area contributed by atoms with E-state index in [1.165, 1.54) is 18.2 Å². The van der Waals surface area contributed by atoms with Gasteiger partial charge in [0.1, 0.15) is 5.71 Å². The molecule has 0 aromatic rings. The van der Waals surface area contributed by atoms with Gasteiger partial charge in [0.25, 0.3) is 0 Å². The molecule has 0 aromatic carbocycles. The monoisotopic (exact) mass is 164 g/mol. The maximum atomic E-state index is 10.1. The molecular weight excluding hydrogens is 158 g/mol. The summed E-state index contributed by atoms with van der Waals surface area (Å²) in [5.41, 5.74) is 0.595. The summed E-state index contributed by atoms with van der Waals surface area (Å²) in [7, 11) is 0. The van der Waals surface area contributed by atoms with Gasteiger partial charge in [0.2, 0.25) is 6.41 Å². The normalized spacial score (nSPS) is 19.2. The summed E-state index contributed by atoms with van der Waals surface area (Å²) >= 11 is 0. The summed E-state index contributed by atoms with van der Waals surface area (Å²) in [5.74, 6) is 0. The molecular formula is C7H6N3O2. The van der Waals surface area contributed by atoms with Crippen LogP contribution in [-0.2, 0) is 10.0 Å². The minimum absolute atomic E-state index is 0.123. The van der Waals surface area contributed by atoms with E-state index in [0.717, 1.165) is 0 Å². The minimum atomic E-state index is 0.123. The van der Waals surface area contributed by atoms with Gasteiger partial charge < -0.3 is 10.7 Å². The van der Waals surface area contributed by atoms with Crippen LogP contribution in [0, 0.1) is 5.41 Å². The van der Waals surface area contributed by atoms with Crippen molar-refractivity contribution in [2.45, 2.75) is 0 Å². The van der Waals surface area contributed by atoms with E-state index in [4.69, 9.17) is 5.41 Å². The fourth-order valence-corrected chi connectivity index (χ4v) is 0.795. The Morgan fingerprint density at radius 1 is 1.50 bits per heavy atom. The van der Waals surface area contributed by atoms with E-state index in [-0.39, 0.29) is 17.1 Å². The van der Waals surface area contributed by atoms with Crippen LogP contribution in [-0.4, -0.2) is 17.8 Å². The molecule has 0 fully saturated rings. The van der Waals surface area contributed by atoms with Crippen LogP contribution < -0.4 is 5.32 Å². The van der Waals surface area contributed by atoms with Gasteiger partial charge in [-0.2, -0.15) is 0 Å². The van der Waals surface area contributed by atoms with Gasteiger partial charge in [-0.3, -0.25) is 4.79 Å². The molecule has 1 rings (SSSR count). The summed E-state index contributed by atoms with van der Waals surface area (Å²) in [5, 5.41) is 22.3. The fraction of sp³-hybridized carbons (Fsp3) is 0. The van der Waals surface area contributed by atoms with Gasteiger partial charge in [-0.15, -0.1) is 5.21 Å². The number of nitrogens with zero attached hydrogens (tertiary/aromatic N) is 1. The van der Waals surface area contributed by atoms with Gasteiger partial charge in [-0.05, 0) is 23.4 Å². The quantitative estimate of drug-likeness (QED) is 0.336. The second-order valence-electron chi connectivity index (χ2n) is 2.09. The van der Waals surface area contributed by atoms with Gasteiger partial charge in [-0.25, -0.2) is 0 Å². The van der Waals surface area contributed by atoms with Crippen molar-refractivity contribution in [2.24, 2.45) is 5.16 Å². The second-order valence-corrected chi connectivity index (χ2v) is 2.09. The second kappa shape index (κ2) is 3.47. The Hall–Kier alpha value is -1.91. The molecule has 0 aliphatic heterocycles. The van der Waals surface area contributed by atoms with Gasteiger partial charge in [0.05, 0.1) is 11.4 Å². The average Bonchev–Trinajstić information content (AvgIpc) is 2.05. The molecule has 0 aromatic heterocycles. The Labute approximate surface area is 68.6 Å². The number of allylic oxidation sites excluding steroid dienone is 3. The van der Waals surface area contributed by atoms with Crippen LogP contribution in [0.3, 0.4) is 0 Å². The molecule has 5 nitrogen and oxygen atoms in total. The highest BCUT2D eigenvalue weighted by Gasteiger charge is 2.09. The van der Waals surface area contributed by atoms with E-state index in [2.05, 4.69) is 10.5 Å². The van der Waals surface area contributed by atoms with Crippen molar-refractivity contribution in [3.8, 4) is 0 Å². The molecule has 1 aliphatic rings. The van der Waals surface area contributed by atoms with Crippen LogP contribution in [0.5, 0.6) is 0 Å². The zero-order valence-electron chi connectivity index (χ0n) is 6.07.